The van der Waals surface area contributed by atoms with E-state index < -0.39 is 6.36 Å². The zero-order valence-corrected chi connectivity index (χ0v) is 15.8. The average Bonchev–Trinajstić information content (AvgIpc) is 3.45. The molecule has 0 aromatic heterocycles. The number of alkyl halides is 3. The van der Waals surface area contributed by atoms with E-state index in [9.17, 15) is 13.2 Å². The number of halogens is 3. The Hall–Kier alpha value is -3.20. The number of amidine groups is 1. The van der Waals surface area contributed by atoms with Crippen molar-refractivity contribution in [3.8, 4) is 5.75 Å². The highest BCUT2D eigenvalue weighted by molar-refractivity contribution is 5.98. The highest BCUT2D eigenvalue weighted by Crippen LogP contribution is 2.31. The predicted molar refractivity (Wildman–Crippen MR) is 107 cm³/mol. The van der Waals surface area contributed by atoms with Crippen LogP contribution in [0.15, 0.2) is 65.9 Å². The molecule has 29 heavy (non-hydrogen) atoms. The van der Waals surface area contributed by atoms with E-state index >= 15 is 0 Å². The van der Waals surface area contributed by atoms with E-state index in [1.54, 1.807) is 24.3 Å². The van der Waals surface area contributed by atoms with Gasteiger partial charge >= 0.3 is 6.36 Å². The minimum Gasteiger partial charge on any atom is -0.406 e. The molecule has 6 nitrogen and oxygen atoms in total. The van der Waals surface area contributed by atoms with Gasteiger partial charge in [0, 0.05) is 17.3 Å². The molecule has 9 heteroatoms. The molecule has 0 spiro atoms. The van der Waals surface area contributed by atoms with Crippen LogP contribution in [0.2, 0.25) is 0 Å². The average molecular weight is 405 g/mol. The van der Waals surface area contributed by atoms with E-state index in [0.29, 0.717) is 22.6 Å². The molecule has 1 aliphatic heterocycles. The van der Waals surface area contributed by atoms with Gasteiger partial charge in [0.2, 0.25) is 0 Å². The Labute approximate surface area is 166 Å². The van der Waals surface area contributed by atoms with Crippen molar-refractivity contribution in [2.45, 2.75) is 31.8 Å². The number of rotatable bonds is 7. The molecule has 0 aliphatic carbocycles. The SMILES string of the molecule is C=C(C1NC1CC)N(/N=C(\N)c1ccc(N)cc1)c1ccc(OC(F)(F)F)cc1. The van der Waals surface area contributed by atoms with Gasteiger partial charge in [0.05, 0.1) is 17.4 Å². The fourth-order valence-corrected chi connectivity index (χ4v) is 2.88. The summed E-state index contributed by atoms with van der Waals surface area (Å²) in [6, 6.07) is 12.5. The largest absolute Gasteiger partial charge is 0.573 e. The number of nitrogens with two attached hydrogens (primary N) is 2. The molecule has 2 aromatic carbocycles. The Kier molecular flexibility index (Phi) is 5.69. The van der Waals surface area contributed by atoms with E-state index in [2.05, 4.69) is 21.7 Å². The first-order chi connectivity index (χ1) is 13.7. The highest BCUT2D eigenvalue weighted by atomic mass is 19.4. The number of benzene rings is 2. The number of ether oxygens (including phenoxy) is 1. The van der Waals surface area contributed by atoms with Crippen LogP contribution in [-0.2, 0) is 0 Å². The Morgan fingerprint density at radius 2 is 1.79 bits per heavy atom. The lowest BCUT2D eigenvalue weighted by Crippen LogP contribution is -2.26. The Bertz CT molecular complexity index is 894. The van der Waals surface area contributed by atoms with Gasteiger partial charge in [-0.3, -0.25) is 0 Å². The Morgan fingerprint density at radius 3 is 2.31 bits per heavy atom. The third-order valence-corrected chi connectivity index (χ3v) is 4.49. The van der Waals surface area contributed by atoms with E-state index in [-0.39, 0.29) is 23.7 Å². The van der Waals surface area contributed by atoms with Gasteiger partial charge in [0.1, 0.15) is 5.75 Å². The van der Waals surface area contributed by atoms with Gasteiger partial charge < -0.3 is 21.5 Å². The number of hydrogen-bond acceptors (Lipinski definition) is 5. The molecule has 2 atom stereocenters. The summed E-state index contributed by atoms with van der Waals surface area (Å²) in [6.45, 7) is 6.15. The van der Waals surface area contributed by atoms with Gasteiger partial charge in [0.15, 0.2) is 5.84 Å². The summed E-state index contributed by atoms with van der Waals surface area (Å²) in [4.78, 5) is 0. The van der Waals surface area contributed by atoms with Crippen LogP contribution >= 0.6 is 0 Å². The van der Waals surface area contributed by atoms with Crippen LogP contribution in [0.4, 0.5) is 24.5 Å². The third kappa shape index (κ3) is 5.20. The maximum absolute atomic E-state index is 12.4. The lowest BCUT2D eigenvalue weighted by atomic mass is 10.2. The second-order valence-electron chi connectivity index (χ2n) is 6.61. The number of nitrogen functional groups attached to an aromatic ring is 1. The molecule has 1 aliphatic rings. The molecule has 1 heterocycles. The minimum atomic E-state index is -4.76. The number of hydrazone groups is 1. The molecular formula is C20H22F3N5O. The van der Waals surface area contributed by atoms with Crippen molar-refractivity contribution in [1.29, 1.82) is 0 Å². The van der Waals surface area contributed by atoms with Crippen LogP contribution in [0, 0.1) is 0 Å². The molecule has 2 aromatic rings. The van der Waals surface area contributed by atoms with E-state index in [4.69, 9.17) is 11.5 Å². The molecule has 1 fully saturated rings. The molecule has 0 radical (unpaired) electrons. The third-order valence-electron chi connectivity index (χ3n) is 4.49. The van der Waals surface area contributed by atoms with Crippen molar-refractivity contribution in [1.82, 2.24) is 5.32 Å². The molecular weight excluding hydrogens is 383 g/mol. The van der Waals surface area contributed by atoms with Crippen molar-refractivity contribution in [2.24, 2.45) is 10.8 Å². The second-order valence-corrected chi connectivity index (χ2v) is 6.61. The summed E-state index contributed by atoms with van der Waals surface area (Å²) in [7, 11) is 0. The summed E-state index contributed by atoms with van der Waals surface area (Å²) in [5, 5.41) is 9.28. The van der Waals surface area contributed by atoms with Crippen molar-refractivity contribution >= 4 is 17.2 Å². The zero-order chi connectivity index (χ0) is 21.2. The monoisotopic (exact) mass is 405 g/mol. The Morgan fingerprint density at radius 1 is 1.17 bits per heavy atom. The first-order valence-electron chi connectivity index (χ1n) is 8.98. The quantitative estimate of drug-likeness (QED) is 0.215. The lowest BCUT2D eigenvalue weighted by molar-refractivity contribution is -0.274. The summed E-state index contributed by atoms with van der Waals surface area (Å²) in [6.07, 6.45) is -3.85. The second kappa shape index (κ2) is 8.04. The van der Waals surface area contributed by atoms with E-state index in [0.717, 1.165) is 6.42 Å². The molecule has 154 valence electrons. The number of nitrogens with one attached hydrogen (secondary N) is 1. The Balaban J connectivity index is 1.90. The van der Waals surface area contributed by atoms with Crippen LogP contribution in [0.25, 0.3) is 0 Å². The van der Waals surface area contributed by atoms with Gasteiger partial charge in [-0.25, -0.2) is 5.01 Å². The fraction of sp³-hybridized carbons (Fsp3) is 0.250. The van der Waals surface area contributed by atoms with E-state index in [1.165, 1.54) is 29.3 Å². The summed E-state index contributed by atoms with van der Waals surface area (Å²) in [5.41, 5.74) is 14.2. The smallest absolute Gasteiger partial charge is 0.406 e. The maximum atomic E-state index is 12.4. The molecule has 0 amide bonds. The van der Waals surface area contributed by atoms with Gasteiger partial charge in [-0.15, -0.1) is 18.3 Å². The van der Waals surface area contributed by atoms with Crippen LogP contribution in [0.3, 0.4) is 0 Å². The van der Waals surface area contributed by atoms with Gasteiger partial charge in [0.25, 0.3) is 0 Å². The first kappa shape index (κ1) is 20.5. The molecule has 2 unspecified atom stereocenters. The predicted octanol–water partition coefficient (Wildman–Crippen LogP) is 3.56. The molecule has 0 bridgehead atoms. The molecule has 5 N–H and O–H groups in total. The van der Waals surface area contributed by atoms with Crippen molar-refractivity contribution in [3.05, 3.63) is 66.4 Å². The molecule has 3 rings (SSSR count). The molecule has 1 saturated heterocycles. The van der Waals surface area contributed by atoms with Crippen LogP contribution in [-0.4, -0.2) is 24.3 Å². The summed E-state index contributed by atoms with van der Waals surface area (Å²) < 4.78 is 41.2. The van der Waals surface area contributed by atoms with Crippen molar-refractivity contribution in [2.75, 3.05) is 10.7 Å². The summed E-state index contributed by atoms with van der Waals surface area (Å²) in [5.74, 6) is -0.103. The number of nitrogens with zero attached hydrogens (tertiary/aromatic N) is 2. The normalized spacial score (nSPS) is 19.0. The minimum absolute atomic E-state index is 0.00840. The molecule has 0 saturated carbocycles. The zero-order valence-electron chi connectivity index (χ0n) is 15.8. The summed E-state index contributed by atoms with van der Waals surface area (Å²) >= 11 is 0. The highest BCUT2D eigenvalue weighted by Gasteiger charge is 2.39. The number of anilines is 2. The van der Waals surface area contributed by atoms with Gasteiger partial charge in [-0.2, -0.15) is 0 Å². The lowest BCUT2D eigenvalue weighted by Gasteiger charge is -2.22. The maximum Gasteiger partial charge on any atom is 0.573 e. The van der Waals surface area contributed by atoms with Gasteiger partial charge in [-0.05, 0) is 55.0 Å². The van der Waals surface area contributed by atoms with Crippen LogP contribution in [0.5, 0.6) is 5.75 Å². The van der Waals surface area contributed by atoms with Crippen molar-refractivity contribution in [3.63, 3.8) is 0 Å². The van der Waals surface area contributed by atoms with Crippen LogP contribution < -0.4 is 26.5 Å². The standard InChI is InChI=1S/C20H22F3N5O/c1-3-17-18(26-17)12(2)28(27-19(25)13-4-6-14(24)7-5-13)15-8-10-16(11-9-15)29-20(21,22)23/h4-11,17-18,26H,2-3,24H2,1H3,(H2,25,27). The topological polar surface area (TPSA) is 98.8 Å². The van der Waals surface area contributed by atoms with Gasteiger partial charge in [-0.1, -0.05) is 13.5 Å². The number of hydrogen-bond donors (Lipinski definition) is 3. The van der Waals surface area contributed by atoms with Crippen molar-refractivity contribution < 1.29 is 17.9 Å². The fourth-order valence-electron chi connectivity index (χ4n) is 2.88. The van der Waals surface area contributed by atoms with E-state index in [1.807, 2.05) is 6.92 Å². The first-order valence-corrected chi connectivity index (χ1v) is 8.98. The van der Waals surface area contributed by atoms with Crippen LogP contribution in [0.1, 0.15) is 18.9 Å².